The van der Waals surface area contributed by atoms with E-state index in [1.807, 2.05) is 18.9 Å². The van der Waals surface area contributed by atoms with Gasteiger partial charge in [-0.25, -0.2) is 0 Å². The third-order valence-electron chi connectivity index (χ3n) is 2.91. The largest absolute Gasteiger partial charge is 0.382 e. The van der Waals surface area contributed by atoms with Gasteiger partial charge in [-0.3, -0.25) is 0 Å². The first-order valence-corrected chi connectivity index (χ1v) is 7.29. The third kappa shape index (κ3) is 7.84. The van der Waals surface area contributed by atoms with Crippen LogP contribution in [-0.2, 0) is 9.47 Å². The molecule has 1 N–H and O–H groups in total. The van der Waals surface area contributed by atoms with Gasteiger partial charge in [-0.05, 0) is 44.3 Å². The topological polar surface area (TPSA) is 33.7 Å². The van der Waals surface area contributed by atoms with Crippen molar-refractivity contribution in [2.75, 3.05) is 46.6 Å². The van der Waals surface area contributed by atoms with E-state index >= 15 is 0 Å². The summed E-state index contributed by atoms with van der Waals surface area (Å²) in [5.41, 5.74) is 0. The molecule has 1 aliphatic carbocycles. The molecule has 0 atom stereocenters. The summed E-state index contributed by atoms with van der Waals surface area (Å²) < 4.78 is 10.9. The maximum atomic E-state index is 5.59. The first-order valence-electron chi connectivity index (χ1n) is 6.88. The highest BCUT2D eigenvalue weighted by Gasteiger charge is 2.20. The lowest BCUT2D eigenvalue weighted by molar-refractivity contribution is 0.115. The van der Waals surface area contributed by atoms with Crippen LogP contribution in [0.2, 0.25) is 0 Å². The van der Waals surface area contributed by atoms with E-state index < -0.39 is 0 Å². The summed E-state index contributed by atoms with van der Waals surface area (Å²) in [4.78, 5) is 2.03. The summed E-state index contributed by atoms with van der Waals surface area (Å²) in [6.07, 6.45) is 3.67. The van der Waals surface area contributed by atoms with Crippen LogP contribution in [0.1, 0.15) is 26.2 Å². The Balaban J connectivity index is 1.90. The number of thiocarbonyl (C=S) groups is 1. The standard InChI is InChI=1S/C13H26N2O2S/c1-3-16-9-4-7-14-13(18)15(2)8-10-17-11-12-5-6-12/h12H,3-11H2,1-2H3,(H,14,18). The van der Waals surface area contributed by atoms with Gasteiger partial charge in [0.1, 0.15) is 0 Å². The smallest absolute Gasteiger partial charge is 0.168 e. The van der Waals surface area contributed by atoms with Crippen molar-refractivity contribution in [3.63, 3.8) is 0 Å². The Bertz CT molecular complexity index is 235. The predicted octanol–water partition coefficient (Wildman–Crippen LogP) is 1.65. The molecule has 0 heterocycles. The Morgan fingerprint density at radius 3 is 2.78 bits per heavy atom. The fourth-order valence-corrected chi connectivity index (χ4v) is 1.68. The molecule has 0 aromatic heterocycles. The normalized spacial score (nSPS) is 14.6. The molecule has 5 heteroatoms. The highest BCUT2D eigenvalue weighted by Crippen LogP contribution is 2.28. The quantitative estimate of drug-likeness (QED) is 0.484. The van der Waals surface area contributed by atoms with Crippen LogP contribution in [0.4, 0.5) is 0 Å². The molecule has 0 spiro atoms. The van der Waals surface area contributed by atoms with Crippen molar-refractivity contribution in [1.82, 2.24) is 10.2 Å². The number of rotatable bonds is 10. The highest BCUT2D eigenvalue weighted by atomic mass is 32.1. The second-order valence-electron chi connectivity index (χ2n) is 4.72. The molecule has 18 heavy (non-hydrogen) atoms. The molecule has 1 rings (SSSR count). The molecule has 1 aliphatic rings. The van der Waals surface area contributed by atoms with E-state index in [9.17, 15) is 0 Å². The zero-order valence-electron chi connectivity index (χ0n) is 11.6. The monoisotopic (exact) mass is 274 g/mol. The number of likely N-dealkylation sites (N-methyl/N-ethyl adjacent to an activating group) is 1. The minimum Gasteiger partial charge on any atom is -0.382 e. The number of nitrogens with zero attached hydrogens (tertiary/aromatic N) is 1. The third-order valence-corrected chi connectivity index (χ3v) is 3.37. The van der Waals surface area contributed by atoms with Crippen LogP contribution in [0.5, 0.6) is 0 Å². The van der Waals surface area contributed by atoms with Gasteiger partial charge in [0.05, 0.1) is 6.61 Å². The maximum Gasteiger partial charge on any atom is 0.168 e. The summed E-state index contributed by atoms with van der Waals surface area (Å²) in [7, 11) is 2.00. The number of ether oxygens (including phenoxy) is 2. The minimum atomic E-state index is 0.758. The van der Waals surface area contributed by atoms with E-state index in [-0.39, 0.29) is 0 Å². The summed E-state index contributed by atoms with van der Waals surface area (Å²) in [6.45, 7) is 6.97. The number of hydrogen-bond donors (Lipinski definition) is 1. The zero-order chi connectivity index (χ0) is 13.2. The van der Waals surface area contributed by atoms with Crippen molar-refractivity contribution >= 4 is 17.3 Å². The molecule has 0 unspecified atom stereocenters. The molecule has 0 aromatic rings. The fourth-order valence-electron chi connectivity index (χ4n) is 1.49. The van der Waals surface area contributed by atoms with Gasteiger partial charge in [0.15, 0.2) is 5.11 Å². The first-order chi connectivity index (χ1) is 8.74. The van der Waals surface area contributed by atoms with Gasteiger partial charge < -0.3 is 19.7 Å². The van der Waals surface area contributed by atoms with E-state index in [0.717, 1.165) is 57.0 Å². The second kappa shape index (κ2) is 9.53. The van der Waals surface area contributed by atoms with Crippen LogP contribution in [0.3, 0.4) is 0 Å². The average molecular weight is 274 g/mol. The van der Waals surface area contributed by atoms with Crippen LogP contribution < -0.4 is 5.32 Å². The zero-order valence-corrected chi connectivity index (χ0v) is 12.4. The predicted molar refractivity (Wildman–Crippen MR) is 77.9 cm³/mol. The van der Waals surface area contributed by atoms with E-state index in [1.54, 1.807) is 0 Å². The van der Waals surface area contributed by atoms with E-state index in [0.29, 0.717) is 0 Å². The molecule has 1 saturated carbocycles. The minimum absolute atomic E-state index is 0.758. The molecular weight excluding hydrogens is 248 g/mol. The molecule has 0 aliphatic heterocycles. The Morgan fingerprint density at radius 2 is 2.11 bits per heavy atom. The van der Waals surface area contributed by atoms with E-state index in [2.05, 4.69) is 5.32 Å². The summed E-state index contributed by atoms with van der Waals surface area (Å²) in [5, 5.41) is 4.02. The van der Waals surface area contributed by atoms with Crippen molar-refractivity contribution < 1.29 is 9.47 Å². The Hall–Kier alpha value is -0.390. The highest BCUT2D eigenvalue weighted by molar-refractivity contribution is 7.80. The van der Waals surface area contributed by atoms with Gasteiger partial charge in [0.2, 0.25) is 0 Å². The lowest BCUT2D eigenvalue weighted by Gasteiger charge is -2.21. The molecule has 1 fully saturated rings. The Kier molecular flexibility index (Phi) is 8.29. The van der Waals surface area contributed by atoms with Crippen LogP contribution in [-0.4, -0.2) is 56.6 Å². The average Bonchev–Trinajstić information content (AvgIpc) is 3.18. The van der Waals surface area contributed by atoms with Crippen molar-refractivity contribution in [2.45, 2.75) is 26.2 Å². The van der Waals surface area contributed by atoms with Crippen LogP contribution in [0.15, 0.2) is 0 Å². The summed E-state index contributed by atoms with van der Waals surface area (Å²) in [5.74, 6) is 0.832. The molecule has 0 aromatic carbocycles. The molecule has 106 valence electrons. The number of hydrogen-bond acceptors (Lipinski definition) is 3. The van der Waals surface area contributed by atoms with Gasteiger partial charge in [0, 0.05) is 40.0 Å². The van der Waals surface area contributed by atoms with Gasteiger partial charge in [-0.1, -0.05) is 0 Å². The molecule has 0 bridgehead atoms. The van der Waals surface area contributed by atoms with Crippen molar-refractivity contribution in [2.24, 2.45) is 5.92 Å². The van der Waals surface area contributed by atoms with Crippen LogP contribution >= 0.6 is 12.2 Å². The lowest BCUT2D eigenvalue weighted by atomic mass is 10.4. The maximum absolute atomic E-state index is 5.59. The van der Waals surface area contributed by atoms with Crippen molar-refractivity contribution in [3.8, 4) is 0 Å². The summed E-state index contributed by atoms with van der Waals surface area (Å²) >= 11 is 5.29. The SMILES string of the molecule is CCOCCCNC(=S)N(C)CCOCC1CC1. The van der Waals surface area contributed by atoms with E-state index in [1.165, 1.54) is 12.8 Å². The first kappa shape index (κ1) is 15.7. The van der Waals surface area contributed by atoms with Gasteiger partial charge in [-0.2, -0.15) is 0 Å². The van der Waals surface area contributed by atoms with Gasteiger partial charge in [0.25, 0.3) is 0 Å². The van der Waals surface area contributed by atoms with Crippen LogP contribution in [0, 0.1) is 5.92 Å². The second-order valence-corrected chi connectivity index (χ2v) is 5.11. The molecular formula is C13H26N2O2S. The lowest BCUT2D eigenvalue weighted by Crippen LogP contribution is -2.39. The van der Waals surface area contributed by atoms with Crippen molar-refractivity contribution in [3.05, 3.63) is 0 Å². The van der Waals surface area contributed by atoms with Crippen LogP contribution in [0.25, 0.3) is 0 Å². The number of nitrogens with one attached hydrogen (secondary N) is 1. The Labute approximate surface area is 116 Å². The molecule has 0 amide bonds. The van der Waals surface area contributed by atoms with Crippen molar-refractivity contribution in [1.29, 1.82) is 0 Å². The van der Waals surface area contributed by atoms with E-state index in [4.69, 9.17) is 21.7 Å². The molecule has 4 nitrogen and oxygen atoms in total. The van der Waals surface area contributed by atoms with Gasteiger partial charge >= 0.3 is 0 Å². The molecule has 0 radical (unpaired) electrons. The fraction of sp³-hybridized carbons (Fsp3) is 0.923. The molecule has 0 saturated heterocycles. The Morgan fingerprint density at radius 1 is 1.33 bits per heavy atom. The summed E-state index contributed by atoms with van der Waals surface area (Å²) in [6, 6.07) is 0. The van der Waals surface area contributed by atoms with Gasteiger partial charge in [-0.15, -0.1) is 0 Å².